The average Bonchev–Trinajstić information content (AvgIpc) is 2.90. The Kier molecular flexibility index (Phi) is 4.78. The minimum Gasteiger partial charge on any atom is -0.495 e. The molecule has 0 aliphatic rings. The van der Waals surface area contributed by atoms with Gasteiger partial charge in [0.15, 0.2) is 5.76 Å². The van der Waals surface area contributed by atoms with E-state index in [0.717, 1.165) is 9.86 Å². The molecule has 1 amide bonds. The number of anilines is 1. The maximum absolute atomic E-state index is 12.7. The summed E-state index contributed by atoms with van der Waals surface area (Å²) in [7, 11) is -2.51. The number of sulfonamides is 1. The lowest BCUT2D eigenvalue weighted by atomic mass is 10.1. The first-order valence-electron chi connectivity index (χ1n) is 7.41. The van der Waals surface area contributed by atoms with E-state index in [-0.39, 0.29) is 16.3 Å². The van der Waals surface area contributed by atoms with Crippen LogP contribution in [0.25, 0.3) is 11.0 Å². The highest BCUT2D eigenvalue weighted by Gasteiger charge is 2.20. The molecular formula is C17H15BrN2O5S. The Hall–Kier alpha value is -2.36. The Morgan fingerprint density at radius 3 is 2.62 bits per heavy atom. The van der Waals surface area contributed by atoms with Gasteiger partial charge in [-0.15, -0.1) is 0 Å². The third-order valence-corrected chi connectivity index (χ3v) is 5.26. The standard InChI is InChI=1S/C17H15BrN2O5S/c1-9-12-7-10(18)3-5-14(12)25-16(9)17(21)20-13-8-11(26(19,22)23)4-6-15(13)24-2/h3-8H,1-2H3,(H,20,21)(H2,19,22,23). The van der Waals surface area contributed by atoms with E-state index in [4.69, 9.17) is 14.3 Å². The molecule has 0 atom stereocenters. The lowest BCUT2D eigenvalue weighted by molar-refractivity contribution is 0.0997. The van der Waals surface area contributed by atoms with Gasteiger partial charge in [0, 0.05) is 15.4 Å². The number of nitrogens with two attached hydrogens (primary N) is 1. The van der Waals surface area contributed by atoms with Crippen LogP contribution >= 0.6 is 15.9 Å². The van der Waals surface area contributed by atoms with Gasteiger partial charge in [-0.2, -0.15) is 0 Å². The molecule has 1 heterocycles. The number of fused-ring (bicyclic) bond motifs is 1. The fourth-order valence-corrected chi connectivity index (χ4v) is 3.45. The van der Waals surface area contributed by atoms with Crippen LogP contribution in [-0.4, -0.2) is 21.4 Å². The number of methoxy groups -OCH3 is 1. The first kappa shape index (κ1) is 18.4. The van der Waals surface area contributed by atoms with Crippen molar-refractivity contribution < 1.29 is 22.4 Å². The largest absolute Gasteiger partial charge is 0.495 e. The van der Waals surface area contributed by atoms with Crippen LogP contribution < -0.4 is 15.2 Å². The van der Waals surface area contributed by atoms with Crippen LogP contribution in [0, 0.1) is 6.92 Å². The number of hydrogen-bond donors (Lipinski definition) is 2. The SMILES string of the molecule is COc1ccc(S(N)(=O)=O)cc1NC(=O)c1oc2ccc(Br)cc2c1C. The molecule has 2 aromatic carbocycles. The smallest absolute Gasteiger partial charge is 0.291 e. The number of benzene rings is 2. The van der Waals surface area contributed by atoms with Crippen LogP contribution in [0.4, 0.5) is 5.69 Å². The maximum Gasteiger partial charge on any atom is 0.291 e. The van der Waals surface area contributed by atoms with Crippen LogP contribution in [0.5, 0.6) is 5.75 Å². The number of ether oxygens (including phenoxy) is 1. The molecule has 0 saturated heterocycles. The molecule has 0 aliphatic heterocycles. The minimum atomic E-state index is -3.92. The Balaban J connectivity index is 2.01. The quantitative estimate of drug-likeness (QED) is 0.647. The second-order valence-electron chi connectivity index (χ2n) is 5.56. The average molecular weight is 439 g/mol. The van der Waals surface area contributed by atoms with Crippen molar-refractivity contribution in [2.45, 2.75) is 11.8 Å². The number of halogens is 1. The number of hydrogen-bond acceptors (Lipinski definition) is 5. The van der Waals surface area contributed by atoms with E-state index >= 15 is 0 Å². The second kappa shape index (κ2) is 6.75. The fraction of sp³-hybridized carbons (Fsp3) is 0.118. The molecular weight excluding hydrogens is 424 g/mol. The van der Waals surface area contributed by atoms with Crippen molar-refractivity contribution in [1.82, 2.24) is 0 Å². The van der Waals surface area contributed by atoms with Crippen molar-refractivity contribution >= 4 is 48.5 Å². The monoisotopic (exact) mass is 438 g/mol. The normalized spacial score (nSPS) is 11.5. The molecule has 0 spiro atoms. The number of rotatable bonds is 4. The predicted molar refractivity (Wildman–Crippen MR) is 101 cm³/mol. The van der Waals surface area contributed by atoms with Gasteiger partial charge in [-0.1, -0.05) is 15.9 Å². The van der Waals surface area contributed by atoms with Crippen molar-refractivity contribution in [2.24, 2.45) is 5.14 Å². The van der Waals surface area contributed by atoms with Crippen molar-refractivity contribution in [3.05, 3.63) is 52.2 Å². The molecule has 0 bridgehead atoms. The van der Waals surface area contributed by atoms with E-state index in [2.05, 4.69) is 21.2 Å². The Morgan fingerprint density at radius 1 is 1.23 bits per heavy atom. The van der Waals surface area contributed by atoms with Crippen molar-refractivity contribution in [1.29, 1.82) is 0 Å². The van der Waals surface area contributed by atoms with Crippen LogP contribution in [0.2, 0.25) is 0 Å². The summed E-state index contributed by atoms with van der Waals surface area (Å²) >= 11 is 3.38. The first-order valence-corrected chi connectivity index (χ1v) is 9.75. The van der Waals surface area contributed by atoms with E-state index in [1.807, 2.05) is 12.1 Å². The number of furan rings is 1. The summed E-state index contributed by atoms with van der Waals surface area (Å²) in [6.45, 7) is 1.77. The molecule has 7 nitrogen and oxygen atoms in total. The zero-order valence-electron chi connectivity index (χ0n) is 13.9. The molecule has 9 heteroatoms. The summed E-state index contributed by atoms with van der Waals surface area (Å²) in [6.07, 6.45) is 0. The van der Waals surface area contributed by atoms with Gasteiger partial charge in [-0.25, -0.2) is 13.6 Å². The molecule has 0 radical (unpaired) electrons. The second-order valence-corrected chi connectivity index (χ2v) is 8.03. The van der Waals surface area contributed by atoms with Crippen LogP contribution in [0.15, 0.2) is 50.2 Å². The fourth-order valence-electron chi connectivity index (χ4n) is 2.55. The van der Waals surface area contributed by atoms with Gasteiger partial charge < -0.3 is 14.5 Å². The molecule has 0 aliphatic carbocycles. The third-order valence-electron chi connectivity index (χ3n) is 3.85. The third kappa shape index (κ3) is 3.46. The van der Waals surface area contributed by atoms with E-state index in [1.54, 1.807) is 13.0 Å². The number of carbonyl (C=O) groups excluding carboxylic acids is 1. The van der Waals surface area contributed by atoms with E-state index in [1.165, 1.54) is 25.3 Å². The summed E-state index contributed by atoms with van der Waals surface area (Å²) in [5.74, 6) is -0.108. The molecule has 0 unspecified atom stereocenters. The van der Waals surface area contributed by atoms with Crippen molar-refractivity contribution in [3.8, 4) is 5.75 Å². The molecule has 3 rings (SSSR count). The summed E-state index contributed by atoms with van der Waals surface area (Å²) in [5, 5.41) is 8.56. The summed E-state index contributed by atoms with van der Waals surface area (Å²) in [4.78, 5) is 12.5. The number of carbonyl (C=O) groups is 1. The lowest BCUT2D eigenvalue weighted by Crippen LogP contribution is -2.15. The van der Waals surface area contributed by atoms with Crippen LogP contribution in [0.3, 0.4) is 0 Å². The lowest BCUT2D eigenvalue weighted by Gasteiger charge is -2.11. The topological polar surface area (TPSA) is 112 Å². The summed E-state index contributed by atoms with van der Waals surface area (Å²) in [6, 6.07) is 9.37. The highest BCUT2D eigenvalue weighted by atomic mass is 79.9. The zero-order chi connectivity index (χ0) is 19.1. The van der Waals surface area contributed by atoms with Gasteiger partial charge in [0.2, 0.25) is 10.0 Å². The molecule has 0 fully saturated rings. The van der Waals surface area contributed by atoms with Crippen molar-refractivity contribution in [3.63, 3.8) is 0 Å². The van der Waals surface area contributed by atoms with Gasteiger partial charge in [-0.05, 0) is 43.3 Å². The number of amides is 1. The Morgan fingerprint density at radius 2 is 1.96 bits per heavy atom. The van der Waals surface area contributed by atoms with Gasteiger partial charge in [0.05, 0.1) is 17.7 Å². The number of aryl methyl sites for hydroxylation is 1. The van der Waals surface area contributed by atoms with Crippen LogP contribution in [0.1, 0.15) is 16.1 Å². The molecule has 0 saturated carbocycles. The molecule has 3 aromatic rings. The van der Waals surface area contributed by atoms with Gasteiger partial charge >= 0.3 is 0 Å². The highest BCUT2D eigenvalue weighted by Crippen LogP contribution is 2.31. The number of nitrogens with one attached hydrogen (secondary N) is 1. The molecule has 26 heavy (non-hydrogen) atoms. The van der Waals surface area contributed by atoms with E-state index in [9.17, 15) is 13.2 Å². The molecule has 1 aromatic heterocycles. The zero-order valence-corrected chi connectivity index (χ0v) is 16.3. The van der Waals surface area contributed by atoms with Crippen LogP contribution in [-0.2, 0) is 10.0 Å². The first-order chi connectivity index (χ1) is 12.2. The van der Waals surface area contributed by atoms with Gasteiger partial charge in [0.1, 0.15) is 11.3 Å². The van der Waals surface area contributed by atoms with Gasteiger partial charge in [-0.3, -0.25) is 4.79 Å². The Bertz CT molecular complexity index is 1120. The number of primary sulfonamides is 1. The maximum atomic E-state index is 12.7. The minimum absolute atomic E-state index is 0.126. The molecule has 3 N–H and O–H groups in total. The predicted octanol–water partition coefficient (Wildman–Crippen LogP) is 3.41. The summed E-state index contributed by atoms with van der Waals surface area (Å²) < 4.78 is 34.8. The van der Waals surface area contributed by atoms with Crippen molar-refractivity contribution in [2.75, 3.05) is 12.4 Å². The summed E-state index contributed by atoms with van der Waals surface area (Å²) in [5.41, 5.74) is 1.41. The van der Waals surface area contributed by atoms with E-state index in [0.29, 0.717) is 16.9 Å². The molecule has 136 valence electrons. The highest BCUT2D eigenvalue weighted by molar-refractivity contribution is 9.10. The van der Waals surface area contributed by atoms with Gasteiger partial charge in [0.25, 0.3) is 5.91 Å². The van der Waals surface area contributed by atoms with E-state index < -0.39 is 15.9 Å². The Labute approximate surface area is 158 Å².